The van der Waals surface area contributed by atoms with Crippen LogP contribution in [0, 0.1) is 17.8 Å². The number of nitrogens with zero attached hydrogens (tertiary/aromatic N) is 1. The molecule has 0 aromatic carbocycles. The Morgan fingerprint density at radius 2 is 1.79 bits per heavy atom. The summed E-state index contributed by atoms with van der Waals surface area (Å²) < 4.78 is 0. The first-order valence-corrected chi connectivity index (χ1v) is 8.77. The first-order valence-electron chi connectivity index (χ1n) is 8.77. The quantitative estimate of drug-likeness (QED) is 0.775. The maximum Gasteiger partial charge on any atom is 0.00956 e. The van der Waals surface area contributed by atoms with Crippen molar-refractivity contribution >= 4 is 0 Å². The molecule has 1 saturated heterocycles. The molecule has 2 N–H and O–H groups in total. The van der Waals surface area contributed by atoms with Gasteiger partial charge in [0.15, 0.2) is 0 Å². The van der Waals surface area contributed by atoms with E-state index in [0.29, 0.717) is 6.04 Å². The first-order chi connectivity index (χ1) is 9.28. The van der Waals surface area contributed by atoms with Crippen LogP contribution >= 0.6 is 0 Å². The summed E-state index contributed by atoms with van der Waals surface area (Å²) in [7, 11) is 0. The first kappa shape index (κ1) is 13.9. The Morgan fingerprint density at radius 1 is 0.947 bits per heavy atom. The van der Waals surface area contributed by atoms with E-state index in [4.69, 9.17) is 5.73 Å². The van der Waals surface area contributed by atoms with E-state index in [1.54, 1.807) is 0 Å². The van der Waals surface area contributed by atoms with Crippen LogP contribution in [0.1, 0.15) is 64.7 Å². The molecule has 19 heavy (non-hydrogen) atoms. The third-order valence-corrected chi connectivity index (χ3v) is 6.33. The summed E-state index contributed by atoms with van der Waals surface area (Å²) in [6.07, 6.45) is 12.8. The van der Waals surface area contributed by atoms with Gasteiger partial charge >= 0.3 is 0 Å². The van der Waals surface area contributed by atoms with Gasteiger partial charge in [0, 0.05) is 25.2 Å². The van der Waals surface area contributed by atoms with Crippen molar-refractivity contribution in [1.82, 2.24) is 4.90 Å². The topological polar surface area (TPSA) is 29.3 Å². The second kappa shape index (κ2) is 6.13. The Morgan fingerprint density at radius 3 is 2.58 bits per heavy atom. The number of likely N-dealkylation sites (tertiary alicyclic amines) is 1. The molecular formula is C17H32N2. The fourth-order valence-corrected chi connectivity index (χ4v) is 4.98. The number of rotatable bonds is 2. The predicted octanol–water partition coefficient (Wildman–Crippen LogP) is 3.40. The number of hydrogen-bond acceptors (Lipinski definition) is 2. The fraction of sp³-hybridized carbons (Fsp3) is 1.00. The minimum Gasteiger partial charge on any atom is -0.327 e. The van der Waals surface area contributed by atoms with E-state index in [2.05, 4.69) is 11.8 Å². The molecule has 2 aliphatic carbocycles. The molecule has 3 rings (SSSR count). The lowest BCUT2D eigenvalue weighted by Crippen LogP contribution is -2.39. The molecule has 0 radical (unpaired) electrons. The molecule has 1 heterocycles. The van der Waals surface area contributed by atoms with Crippen LogP contribution in [0.3, 0.4) is 0 Å². The Hall–Kier alpha value is -0.0800. The zero-order valence-corrected chi connectivity index (χ0v) is 12.7. The molecule has 110 valence electrons. The lowest BCUT2D eigenvalue weighted by atomic mass is 9.78. The van der Waals surface area contributed by atoms with Gasteiger partial charge < -0.3 is 5.73 Å². The van der Waals surface area contributed by atoms with Crippen molar-refractivity contribution in [1.29, 1.82) is 0 Å². The van der Waals surface area contributed by atoms with Crippen LogP contribution in [0.2, 0.25) is 0 Å². The molecule has 5 unspecified atom stereocenters. The fourth-order valence-electron chi connectivity index (χ4n) is 4.98. The van der Waals surface area contributed by atoms with Crippen LogP contribution in [0.15, 0.2) is 0 Å². The van der Waals surface area contributed by atoms with E-state index in [1.807, 2.05) is 0 Å². The van der Waals surface area contributed by atoms with Gasteiger partial charge in [0.05, 0.1) is 0 Å². The van der Waals surface area contributed by atoms with E-state index >= 15 is 0 Å². The van der Waals surface area contributed by atoms with Crippen LogP contribution in [0.25, 0.3) is 0 Å². The van der Waals surface area contributed by atoms with Gasteiger partial charge in [0.1, 0.15) is 0 Å². The average molecular weight is 264 g/mol. The van der Waals surface area contributed by atoms with Crippen LogP contribution in [-0.2, 0) is 0 Å². The van der Waals surface area contributed by atoms with Crippen LogP contribution in [0.4, 0.5) is 0 Å². The summed E-state index contributed by atoms with van der Waals surface area (Å²) in [5, 5.41) is 0. The van der Waals surface area contributed by atoms with Crippen molar-refractivity contribution in [3.63, 3.8) is 0 Å². The average Bonchev–Trinajstić information content (AvgIpc) is 2.71. The Labute approximate surface area is 119 Å². The van der Waals surface area contributed by atoms with Gasteiger partial charge in [-0.25, -0.2) is 0 Å². The predicted molar refractivity (Wildman–Crippen MR) is 81.0 cm³/mol. The smallest absolute Gasteiger partial charge is 0.00956 e. The highest BCUT2D eigenvalue weighted by Crippen LogP contribution is 2.38. The van der Waals surface area contributed by atoms with Gasteiger partial charge in [0.2, 0.25) is 0 Å². The molecule has 2 nitrogen and oxygen atoms in total. The van der Waals surface area contributed by atoms with E-state index in [0.717, 1.165) is 23.8 Å². The molecule has 5 atom stereocenters. The van der Waals surface area contributed by atoms with Gasteiger partial charge in [-0.15, -0.1) is 0 Å². The van der Waals surface area contributed by atoms with Crippen molar-refractivity contribution in [2.24, 2.45) is 23.5 Å². The summed E-state index contributed by atoms with van der Waals surface area (Å²) in [5.41, 5.74) is 6.36. The van der Waals surface area contributed by atoms with E-state index in [-0.39, 0.29) is 0 Å². The molecule has 2 saturated carbocycles. The Balaban J connectivity index is 1.58. The number of hydrogen-bond donors (Lipinski definition) is 1. The summed E-state index contributed by atoms with van der Waals surface area (Å²) in [4.78, 5) is 2.83. The summed E-state index contributed by atoms with van der Waals surface area (Å²) in [5.74, 6) is 2.75. The van der Waals surface area contributed by atoms with Crippen LogP contribution < -0.4 is 5.73 Å². The summed E-state index contributed by atoms with van der Waals surface area (Å²) >= 11 is 0. The number of nitrogens with two attached hydrogens (primary N) is 1. The number of fused-ring (bicyclic) bond motifs is 1. The van der Waals surface area contributed by atoms with Gasteiger partial charge in [-0.05, 0) is 49.9 Å². The molecular weight excluding hydrogens is 232 g/mol. The van der Waals surface area contributed by atoms with Crippen molar-refractivity contribution in [2.75, 3.05) is 13.1 Å². The van der Waals surface area contributed by atoms with Crippen molar-refractivity contribution in [3.05, 3.63) is 0 Å². The second-order valence-electron chi connectivity index (χ2n) is 7.41. The highest BCUT2D eigenvalue weighted by atomic mass is 15.2. The Bertz CT molecular complexity index is 291. The summed E-state index contributed by atoms with van der Waals surface area (Å²) in [6, 6.07) is 1.38. The van der Waals surface area contributed by atoms with E-state index < -0.39 is 0 Å². The van der Waals surface area contributed by atoms with Gasteiger partial charge in [-0.1, -0.05) is 32.6 Å². The SMILES string of the molecule is CCC1CCCC(N2CC3CCCC(N)C3C2)CC1. The van der Waals surface area contributed by atoms with Gasteiger partial charge in [-0.2, -0.15) is 0 Å². The minimum atomic E-state index is 0.498. The van der Waals surface area contributed by atoms with Crippen molar-refractivity contribution in [3.8, 4) is 0 Å². The highest BCUT2D eigenvalue weighted by Gasteiger charge is 2.40. The van der Waals surface area contributed by atoms with Gasteiger partial charge in [0.25, 0.3) is 0 Å². The van der Waals surface area contributed by atoms with Gasteiger partial charge in [-0.3, -0.25) is 4.90 Å². The van der Waals surface area contributed by atoms with Crippen LogP contribution in [0.5, 0.6) is 0 Å². The molecule has 0 spiro atoms. The summed E-state index contributed by atoms with van der Waals surface area (Å²) in [6.45, 7) is 5.04. The molecule has 2 heteroatoms. The molecule has 3 aliphatic rings. The minimum absolute atomic E-state index is 0.498. The van der Waals surface area contributed by atoms with Crippen molar-refractivity contribution in [2.45, 2.75) is 76.8 Å². The molecule has 0 aromatic rings. The zero-order chi connectivity index (χ0) is 13.2. The molecule has 0 bridgehead atoms. The maximum absolute atomic E-state index is 6.36. The molecule has 0 amide bonds. The maximum atomic E-state index is 6.36. The zero-order valence-electron chi connectivity index (χ0n) is 12.7. The third-order valence-electron chi connectivity index (χ3n) is 6.33. The lowest BCUT2D eigenvalue weighted by Gasteiger charge is -2.30. The third kappa shape index (κ3) is 3.00. The Kier molecular flexibility index (Phi) is 4.48. The van der Waals surface area contributed by atoms with Crippen LogP contribution in [-0.4, -0.2) is 30.1 Å². The molecule has 0 aromatic heterocycles. The molecule has 1 aliphatic heterocycles. The lowest BCUT2D eigenvalue weighted by molar-refractivity contribution is 0.207. The molecule has 3 fully saturated rings. The van der Waals surface area contributed by atoms with E-state index in [9.17, 15) is 0 Å². The normalized spacial score (nSPS) is 44.8. The van der Waals surface area contributed by atoms with E-state index in [1.165, 1.54) is 70.9 Å². The highest BCUT2D eigenvalue weighted by molar-refractivity contribution is 4.95. The monoisotopic (exact) mass is 264 g/mol. The standard InChI is InChI=1S/C17H32N2/c1-2-13-5-3-7-15(10-9-13)19-11-14-6-4-8-17(18)16(14)12-19/h13-17H,2-12,18H2,1H3. The van der Waals surface area contributed by atoms with Crippen molar-refractivity contribution < 1.29 is 0 Å². The largest absolute Gasteiger partial charge is 0.327 e. The second-order valence-corrected chi connectivity index (χ2v) is 7.41.